The fraction of sp³-hybridized carbons (Fsp3) is 0.667. The van der Waals surface area contributed by atoms with Gasteiger partial charge >= 0.3 is 0 Å². The Balaban J connectivity index is 3.17. The van der Waals surface area contributed by atoms with Gasteiger partial charge in [-0.3, -0.25) is 0 Å². The largest absolute Gasteiger partial charge is 0.396 e. The van der Waals surface area contributed by atoms with E-state index in [1.165, 1.54) is 25.0 Å². The molecule has 1 nitrogen and oxygen atoms in total. The minimum atomic E-state index is -0.162. The maximum absolute atomic E-state index is 12.6. The molecule has 0 aliphatic carbocycles. The van der Waals surface area contributed by atoms with Gasteiger partial charge in [0.25, 0.3) is 0 Å². The quantitative estimate of drug-likeness (QED) is 0.467. The lowest BCUT2D eigenvalue weighted by molar-refractivity contribution is 0.282. The van der Waals surface area contributed by atoms with E-state index >= 15 is 0 Å². The Hall–Kier alpha value is -0.630. The summed E-state index contributed by atoms with van der Waals surface area (Å²) < 4.78 is 12.6. The molecule has 0 heterocycles. The van der Waals surface area contributed by atoms with Gasteiger partial charge in [0, 0.05) is 6.61 Å². The van der Waals surface area contributed by atoms with Crippen molar-refractivity contribution in [1.82, 2.24) is 0 Å². The minimum absolute atomic E-state index is 0.162. The topological polar surface area (TPSA) is 20.2 Å². The maximum Gasteiger partial charge on any atom is 0.118 e. The van der Waals surface area contributed by atoms with Crippen LogP contribution in [0.15, 0.2) is 24.1 Å². The summed E-state index contributed by atoms with van der Waals surface area (Å²) >= 11 is 0. The van der Waals surface area contributed by atoms with Crippen LogP contribution in [0.25, 0.3) is 0 Å². The smallest absolute Gasteiger partial charge is 0.118 e. The van der Waals surface area contributed by atoms with Gasteiger partial charge in [0.1, 0.15) is 5.83 Å². The highest BCUT2D eigenvalue weighted by Gasteiger charge is 1.88. The molecule has 0 aromatic rings. The van der Waals surface area contributed by atoms with E-state index in [9.17, 15) is 4.39 Å². The lowest BCUT2D eigenvalue weighted by Gasteiger charge is -1.97. The van der Waals surface area contributed by atoms with Crippen molar-refractivity contribution >= 4 is 0 Å². The molecule has 0 fully saturated rings. The predicted molar refractivity (Wildman–Crippen MR) is 58.8 cm³/mol. The highest BCUT2D eigenvalue weighted by Crippen LogP contribution is 2.06. The number of hydrogen-bond acceptors (Lipinski definition) is 1. The Morgan fingerprint density at radius 2 is 1.79 bits per heavy atom. The Morgan fingerprint density at radius 1 is 1.14 bits per heavy atom. The third kappa shape index (κ3) is 9.46. The molecule has 2 heteroatoms. The summed E-state index contributed by atoms with van der Waals surface area (Å²) in [5, 5.41) is 8.54. The second kappa shape index (κ2) is 10.5. The SMILES string of the molecule is C/C=C(F)\C=C\CCCCCCCO. The molecule has 0 aliphatic rings. The Morgan fingerprint density at radius 3 is 2.43 bits per heavy atom. The Bertz CT molecular complexity index is 173. The zero-order valence-electron chi connectivity index (χ0n) is 9.01. The average molecular weight is 200 g/mol. The van der Waals surface area contributed by atoms with Crippen molar-refractivity contribution in [2.45, 2.75) is 45.4 Å². The van der Waals surface area contributed by atoms with Crippen LogP contribution in [0.3, 0.4) is 0 Å². The normalized spacial score (nSPS) is 12.6. The van der Waals surface area contributed by atoms with E-state index in [0.717, 1.165) is 25.7 Å². The molecular weight excluding hydrogens is 179 g/mol. The van der Waals surface area contributed by atoms with Crippen molar-refractivity contribution in [3.63, 3.8) is 0 Å². The minimum Gasteiger partial charge on any atom is -0.396 e. The second-order valence-corrected chi connectivity index (χ2v) is 3.36. The number of aliphatic hydroxyl groups is 1. The van der Waals surface area contributed by atoms with Gasteiger partial charge in [-0.15, -0.1) is 0 Å². The number of allylic oxidation sites excluding steroid dienone is 4. The lowest BCUT2D eigenvalue weighted by Crippen LogP contribution is -1.83. The summed E-state index contributed by atoms with van der Waals surface area (Å²) in [4.78, 5) is 0. The van der Waals surface area contributed by atoms with Crippen molar-refractivity contribution in [3.05, 3.63) is 24.1 Å². The third-order valence-electron chi connectivity index (χ3n) is 2.08. The van der Waals surface area contributed by atoms with Crippen LogP contribution >= 0.6 is 0 Å². The first kappa shape index (κ1) is 13.4. The van der Waals surface area contributed by atoms with E-state index in [1.54, 1.807) is 6.92 Å². The van der Waals surface area contributed by atoms with Gasteiger partial charge in [0.2, 0.25) is 0 Å². The first-order valence-corrected chi connectivity index (χ1v) is 5.40. The van der Waals surface area contributed by atoms with Crippen molar-refractivity contribution in [2.24, 2.45) is 0 Å². The van der Waals surface area contributed by atoms with E-state index in [-0.39, 0.29) is 5.83 Å². The summed E-state index contributed by atoms with van der Waals surface area (Å²) in [5.74, 6) is -0.162. The van der Waals surface area contributed by atoms with E-state index in [4.69, 9.17) is 5.11 Å². The highest BCUT2D eigenvalue weighted by molar-refractivity contribution is 5.09. The second-order valence-electron chi connectivity index (χ2n) is 3.36. The third-order valence-corrected chi connectivity index (χ3v) is 2.08. The van der Waals surface area contributed by atoms with E-state index in [1.807, 2.05) is 6.08 Å². The molecule has 0 aliphatic heterocycles. The molecule has 0 unspecified atom stereocenters. The Labute approximate surface area is 86.3 Å². The molecule has 0 radical (unpaired) electrons. The van der Waals surface area contributed by atoms with Crippen LogP contribution in [0.5, 0.6) is 0 Å². The summed E-state index contributed by atoms with van der Waals surface area (Å²) in [6, 6.07) is 0. The van der Waals surface area contributed by atoms with Crippen molar-refractivity contribution in [3.8, 4) is 0 Å². The molecule has 0 saturated heterocycles. The first-order chi connectivity index (χ1) is 6.81. The lowest BCUT2D eigenvalue weighted by atomic mass is 10.1. The average Bonchev–Trinajstić information content (AvgIpc) is 2.21. The molecular formula is C12H21FO. The van der Waals surface area contributed by atoms with E-state index in [0.29, 0.717) is 6.61 Å². The maximum atomic E-state index is 12.6. The molecule has 0 atom stereocenters. The van der Waals surface area contributed by atoms with Crippen LogP contribution in [-0.2, 0) is 0 Å². The standard InChI is InChI=1S/C12H21FO/c1-2-12(13)10-8-6-4-3-5-7-9-11-14/h2,8,10,14H,3-7,9,11H2,1H3/b10-8+,12-2+. The zero-order valence-corrected chi connectivity index (χ0v) is 9.01. The van der Waals surface area contributed by atoms with Gasteiger partial charge in [0.15, 0.2) is 0 Å². The van der Waals surface area contributed by atoms with Gasteiger partial charge in [-0.05, 0) is 32.3 Å². The van der Waals surface area contributed by atoms with Gasteiger partial charge in [-0.25, -0.2) is 4.39 Å². The van der Waals surface area contributed by atoms with Crippen LogP contribution in [0.4, 0.5) is 4.39 Å². The predicted octanol–water partition coefficient (Wildman–Crippen LogP) is 3.75. The molecule has 82 valence electrons. The van der Waals surface area contributed by atoms with Crippen molar-refractivity contribution in [2.75, 3.05) is 6.61 Å². The molecule has 1 N–H and O–H groups in total. The highest BCUT2D eigenvalue weighted by atomic mass is 19.1. The number of rotatable bonds is 8. The fourth-order valence-corrected chi connectivity index (χ4v) is 1.20. The number of aliphatic hydroxyl groups excluding tert-OH is 1. The molecule has 0 aromatic carbocycles. The van der Waals surface area contributed by atoms with Crippen LogP contribution in [0.1, 0.15) is 45.4 Å². The van der Waals surface area contributed by atoms with Crippen molar-refractivity contribution < 1.29 is 9.50 Å². The van der Waals surface area contributed by atoms with Crippen LogP contribution < -0.4 is 0 Å². The summed E-state index contributed by atoms with van der Waals surface area (Å²) in [5.41, 5.74) is 0. The number of hydrogen-bond donors (Lipinski definition) is 1. The Kier molecular flexibility index (Phi) is 9.98. The first-order valence-electron chi connectivity index (χ1n) is 5.40. The summed E-state index contributed by atoms with van der Waals surface area (Å²) in [7, 11) is 0. The molecule has 0 rings (SSSR count). The summed E-state index contributed by atoms with van der Waals surface area (Å²) in [6.45, 7) is 1.99. The summed E-state index contributed by atoms with van der Waals surface area (Å²) in [6.07, 6.45) is 11.3. The molecule has 0 bridgehead atoms. The van der Waals surface area contributed by atoms with Gasteiger partial charge in [0.05, 0.1) is 0 Å². The molecule has 0 amide bonds. The molecule has 0 saturated carbocycles. The van der Waals surface area contributed by atoms with Gasteiger partial charge in [-0.1, -0.05) is 31.4 Å². The van der Waals surface area contributed by atoms with Crippen LogP contribution in [-0.4, -0.2) is 11.7 Å². The monoisotopic (exact) mass is 200 g/mol. The van der Waals surface area contributed by atoms with Crippen LogP contribution in [0.2, 0.25) is 0 Å². The zero-order chi connectivity index (χ0) is 10.6. The number of unbranched alkanes of at least 4 members (excludes halogenated alkanes) is 5. The molecule has 0 aromatic heterocycles. The van der Waals surface area contributed by atoms with Gasteiger partial charge in [-0.2, -0.15) is 0 Å². The van der Waals surface area contributed by atoms with E-state index < -0.39 is 0 Å². The fourth-order valence-electron chi connectivity index (χ4n) is 1.20. The van der Waals surface area contributed by atoms with Crippen LogP contribution in [0, 0.1) is 0 Å². The van der Waals surface area contributed by atoms with E-state index in [2.05, 4.69) is 0 Å². The van der Waals surface area contributed by atoms with Gasteiger partial charge < -0.3 is 5.11 Å². The molecule has 0 spiro atoms. The van der Waals surface area contributed by atoms with Crippen molar-refractivity contribution in [1.29, 1.82) is 0 Å². The number of halogens is 1. The molecule has 14 heavy (non-hydrogen) atoms.